The first-order chi connectivity index (χ1) is 20.4. The summed E-state index contributed by atoms with van der Waals surface area (Å²) in [6.07, 6.45) is 0.193. The number of carboxylic acids is 1. The first-order valence-electron chi connectivity index (χ1n) is 13.4. The van der Waals surface area contributed by atoms with Crippen molar-refractivity contribution in [3.8, 4) is 22.3 Å². The van der Waals surface area contributed by atoms with Crippen molar-refractivity contribution in [3.63, 3.8) is 0 Å². The van der Waals surface area contributed by atoms with Gasteiger partial charge in [0, 0.05) is 29.3 Å². The lowest BCUT2D eigenvalue weighted by atomic mass is 9.94. The fourth-order valence-corrected chi connectivity index (χ4v) is 4.81. The van der Waals surface area contributed by atoms with E-state index >= 15 is 0 Å². The van der Waals surface area contributed by atoms with Crippen LogP contribution in [0.1, 0.15) is 48.9 Å². The van der Waals surface area contributed by atoms with Gasteiger partial charge in [0.15, 0.2) is 5.78 Å². The number of carbonyl (C=O) groups excluding carboxylic acids is 2. The molecule has 3 N–H and O–H groups in total. The SMILES string of the molecule is CC(C)n1c(/C=C/C(=O)C[C@@H](O)CC(=O)O)c(-c2ccc(F)cc2)c(-c2ccc(F)cc2)c1C(=O)Nc1ccc(F)cc1. The Kier molecular flexibility index (Phi) is 9.62. The molecule has 0 radical (unpaired) electrons. The highest BCUT2D eigenvalue weighted by atomic mass is 19.1. The number of aliphatic carboxylic acids is 1. The van der Waals surface area contributed by atoms with Crippen molar-refractivity contribution in [2.45, 2.75) is 38.8 Å². The Hall–Kier alpha value is -4.96. The van der Waals surface area contributed by atoms with Gasteiger partial charge in [-0.1, -0.05) is 24.3 Å². The quantitative estimate of drug-likeness (QED) is 0.165. The van der Waals surface area contributed by atoms with Gasteiger partial charge in [0.1, 0.15) is 23.1 Å². The average Bonchev–Trinajstić information content (AvgIpc) is 3.29. The monoisotopic (exact) mass is 590 g/mol. The number of allylic oxidation sites excluding steroid dienone is 1. The highest BCUT2D eigenvalue weighted by Crippen LogP contribution is 2.43. The summed E-state index contributed by atoms with van der Waals surface area (Å²) in [6, 6.07) is 15.8. The second-order valence-corrected chi connectivity index (χ2v) is 10.2. The minimum absolute atomic E-state index is 0.142. The van der Waals surface area contributed by atoms with Crippen molar-refractivity contribution < 1.29 is 37.8 Å². The molecule has 1 atom stereocenters. The third-order valence-corrected chi connectivity index (χ3v) is 6.62. The average molecular weight is 591 g/mol. The molecule has 1 amide bonds. The van der Waals surface area contributed by atoms with Crippen molar-refractivity contribution in [2.75, 3.05) is 5.32 Å². The van der Waals surface area contributed by atoms with E-state index in [1.807, 2.05) is 13.8 Å². The molecule has 0 aliphatic heterocycles. The fraction of sp³-hybridized carbons (Fsp3) is 0.182. The molecular weight excluding hydrogens is 561 g/mol. The minimum atomic E-state index is -1.39. The van der Waals surface area contributed by atoms with Crippen LogP contribution in [0, 0.1) is 17.5 Å². The maximum Gasteiger partial charge on any atom is 0.305 e. The lowest BCUT2D eigenvalue weighted by Crippen LogP contribution is -2.20. The van der Waals surface area contributed by atoms with Crippen LogP contribution in [-0.2, 0) is 9.59 Å². The van der Waals surface area contributed by atoms with E-state index in [2.05, 4.69) is 5.32 Å². The van der Waals surface area contributed by atoms with Crippen LogP contribution in [0.2, 0.25) is 0 Å². The van der Waals surface area contributed by atoms with Crippen molar-refractivity contribution in [2.24, 2.45) is 0 Å². The molecule has 10 heteroatoms. The summed E-state index contributed by atoms with van der Waals surface area (Å²) in [5.41, 5.74) is 2.61. The molecule has 0 saturated heterocycles. The number of hydrogen-bond acceptors (Lipinski definition) is 4. The van der Waals surface area contributed by atoms with Crippen molar-refractivity contribution in [1.29, 1.82) is 0 Å². The van der Waals surface area contributed by atoms with Gasteiger partial charge >= 0.3 is 5.97 Å². The van der Waals surface area contributed by atoms with Crippen LogP contribution >= 0.6 is 0 Å². The van der Waals surface area contributed by atoms with Gasteiger partial charge in [0.05, 0.1) is 18.2 Å². The third-order valence-electron chi connectivity index (χ3n) is 6.62. The summed E-state index contributed by atoms with van der Waals surface area (Å²) in [5, 5.41) is 21.6. The van der Waals surface area contributed by atoms with Crippen molar-refractivity contribution in [1.82, 2.24) is 4.57 Å². The smallest absolute Gasteiger partial charge is 0.305 e. The van der Waals surface area contributed by atoms with E-state index in [0.29, 0.717) is 33.6 Å². The number of hydrogen-bond donors (Lipinski definition) is 3. The Morgan fingerprint density at radius 1 is 0.791 bits per heavy atom. The summed E-state index contributed by atoms with van der Waals surface area (Å²) in [7, 11) is 0. The summed E-state index contributed by atoms with van der Waals surface area (Å²) < 4.78 is 43.2. The van der Waals surface area contributed by atoms with Gasteiger partial charge in [-0.05, 0) is 85.7 Å². The highest BCUT2D eigenvalue weighted by molar-refractivity contribution is 6.12. The van der Waals surface area contributed by atoms with Gasteiger partial charge in [-0.3, -0.25) is 14.4 Å². The number of carbonyl (C=O) groups is 3. The molecule has 0 aliphatic rings. The summed E-state index contributed by atoms with van der Waals surface area (Å²) in [5.74, 6) is -3.87. The van der Waals surface area contributed by atoms with Gasteiger partial charge in [-0.15, -0.1) is 0 Å². The Balaban J connectivity index is 1.98. The molecule has 0 aliphatic carbocycles. The Labute approximate surface area is 245 Å². The van der Waals surface area contributed by atoms with Crippen LogP contribution in [0.4, 0.5) is 18.9 Å². The number of rotatable bonds is 11. The predicted molar refractivity (Wildman–Crippen MR) is 157 cm³/mol. The molecule has 3 aromatic carbocycles. The lowest BCUT2D eigenvalue weighted by Gasteiger charge is -2.17. The second kappa shape index (κ2) is 13.3. The molecule has 0 saturated carbocycles. The van der Waals surface area contributed by atoms with E-state index in [1.54, 1.807) is 4.57 Å². The fourth-order valence-electron chi connectivity index (χ4n) is 4.81. The molecule has 7 nitrogen and oxygen atoms in total. The van der Waals surface area contributed by atoms with Gasteiger partial charge in [-0.2, -0.15) is 0 Å². The van der Waals surface area contributed by atoms with Crippen LogP contribution < -0.4 is 5.32 Å². The zero-order chi connectivity index (χ0) is 31.3. The van der Waals surface area contributed by atoms with Crippen LogP contribution in [-0.4, -0.2) is 38.5 Å². The van der Waals surface area contributed by atoms with E-state index < -0.39 is 54.1 Å². The number of aliphatic hydroxyl groups is 1. The van der Waals surface area contributed by atoms with Gasteiger partial charge < -0.3 is 20.1 Å². The van der Waals surface area contributed by atoms with Crippen LogP contribution in [0.3, 0.4) is 0 Å². The van der Waals surface area contributed by atoms with E-state index in [9.17, 15) is 32.7 Å². The topological polar surface area (TPSA) is 109 Å². The standard InChI is InChI=1S/C33H29F3N2O5/c1-19(2)38-28(16-15-26(39)17-27(40)18-29(41)42)30(20-3-7-22(34)8-4-20)31(21-5-9-23(35)10-6-21)32(38)33(43)37-25-13-11-24(36)12-14-25/h3-16,19,27,40H,17-18H2,1-2H3,(H,37,43)(H,41,42)/b16-15+/t27-/m1/s1. The lowest BCUT2D eigenvalue weighted by molar-refractivity contribution is -0.139. The first kappa shape index (κ1) is 31.0. The van der Waals surface area contributed by atoms with E-state index in [-0.39, 0.29) is 11.7 Å². The molecule has 1 heterocycles. The van der Waals surface area contributed by atoms with E-state index in [4.69, 9.17) is 5.11 Å². The molecule has 4 aromatic rings. The number of ketones is 1. The number of nitrogens with zero attached hydrogens (tertiary/aromatic N) is 1. The Bertz CT molecular complexity index is 1660. The van der Waals surface area contributed by atoms with Crippen molar-refractivity contribution >= 4 is 29.4 Å². The number of aliphatic hydroxyl groups excluding tert-OH is 1. The number of amides is 1. The molecule has 0 fully saturated rings. The summed E-state index contributed by atoms with van der Waals surface area (Å²) >= 11 is 0. The van der Waals surface area contributed by atoms with E-state index in [0.717, 1.165) is 0 Å². The minimum Gasteiger partial charge on any atom is -0.481 e. The molecule has 222 valence electrons. The molecule has 0 bridgehead atoms. The number of halogens is 3. The number of carboxylic acid groups (broad SMARTS) is 1. The van der Waals surface area contributed by atoms with Gasteiger partial charge in [-0.25, -0.2) is 13.2 Å². The molecule has 43 heavy (non-hydrogen) atoms. The molecule has 0 spiro atoms. The number of nitrogens with one attached hydrogen (secondary N) is 1. The number of anilines is 1. The van der Waals surface area contributed by atoms with Crippen LogP contribution in [0.25, 0.3) is 28.3 Å². The maximum absolute atomic E-state index is 14.0. The predicted octanol–water partition coefficient (Wildman–Crippen LogP) is 6.88. The zero-order valence-electron chi connectivity index (χ0n) is 23.4. The Morgan fingerprint density at radius 2 is 1.28 bits per heavy atom. The molecule has 1 aromatic heterocycles. The molecule has 4 rings (SSSR count). The van der Waals surface area contributed by atoms with Crippen LogP contribution in [0.15, 0.2) is 78.9 Å². The van der Waals surface area contributed by atoms with Crippen LogP contribution in [0.5, 0.6) is 0 Å². The first-order valence-corrected chi connectivity index (χ1v) is 13.4. The largest absolute Gasteiger partial charge is 0.481 e. The van der Waals surface area contributed by atoms with Crippen molar-refractivity contribution in [3.05, 3.63) is 108 Å². The second-order valence-electron chi connectivity index (χ2n) is 10.2. The number of benzene rings is 3. The summed E-state index contributed by atoms with van der Waals surface area (Å²) in [6.45, 7) is 3.63. The summed E-state index contributed by atoms with van der Waals surface area (Å²) in [4.78, 5) is 37.6. The van der Waals surface area contributed by atoms with Gasteiger partial charge in [0.25, 0.3) is 5.91 Å². The van der Waals surface area contributed by atoms with Gasteiger partial charge in [0.2, 0.25) is 0 Å². The number of aromatic nitrogens is 1. The maximum atomic E-state index is 14.0. The normalized spacial score (nSPS) is 12.1. The molecular formula is C33H29F3N2O5. The zero-order valence-corrected chi connectivity index (χ0v) is 23.4. The third kappa shape index (κ3) is 7.47. The highest BCUT2D eigenvalue weighted by Gasteiger charge is 2.29. The molecule has 0 unspecified atom stereocenters. The Morgan fingerprint density at radius 3 is 1.77 bits per heavy atom. The van der Waals surface area contributed by atoms with E-state index in [1.165, 1.54) is 84.9 Å².